The van der Waals surface area contributed by atoms with Gasteiger partial charge in [-0.25, -0.2) is 13.4 Å². The van der Waals surface area contributed by atoms with E-state index in [2.05, 4.69) is 20.2 Å². The fourth-order valence-electron chi connectivity index (χ4n) is 2.37. The highest BCUT2D eigenvalue weighted by Gasteiger charge is 2.25. The molecule has 0 atom stereocenters. The topological polar surface area (TPSA) is 90.6 Å². The Morgan fingerprint density at radius 3 is 2.67 bits per heavy atom. The van der Waals surface area contributed by atoms with Crippen LogP contribution < -0.4 is 0 Å². The monoisotopic (exact) mass is 363 g/mol. The highest BCUT2D eigenvalue weighted by atomic mass is 32.2. The summed E-state index contributed by atoms with van der Waals surface area (Å²) in [5.74, 6) is 0.446. The first-order valence-corrected chi connectivity index (χ1v) is 10.0. The third-order valence-electron chi connectivity index (χ3n) is 3.65. The summed E-state index contributed by atoms with van der Waals surface area (Å²) in [6.45, 7) is 4.20. The molecule has 3 aromatic rings. The van der Waals surface area contributed by atoms with Gasteiger partial charge in [0.05, 0.1) is 17.0 Å². The van der Waals surface area contributed by atoms with E-state index in [1.807, 2.05) is 19.9 Å². The fourth-order valence-corrected chi connectivity index (χ4v) is 4.66. The number of aryl methyl sites for hydroxylation is 2. The van der Waals surface area contributed by atoms with Crippen molar-refractivity contribution in [1.29, 1.82) is 0 Å². The van der Waals surface area contributed by atoms with Gasteiger partial charge in [-0.3, -0.25) is 9.55 Å². The summed E-state index contributed by atoms with van der Waals surface area (Å²) >= 11 is 1.47. The number of sulfone groups is 1. The lowest BCUT2D eigenvalue weighted by molar-refractivity contribution is 0.568. The Balaban J connectivity index is 1.91. The quantitative estimate of drug-likeness (QED) is 0.666. The van der Waals surface area contributed by atoms with Crippen molar-refractivity contribution >= 4 is 21.2 Å². The highest BCUT2D eigenvalue weighted by Crippen LogP contribution is 2.21. The molecule has 0 spiro atoms. The van der Waals surface area contributed by atoms with E-state index in [0.29, 0.717) is 24.5 Å². The second kappa shape index (κ2) is 6.78. The smallest absolute Gasteiger partial charge is 0.250 e. The Morgan fingerprint density at radius 2 is 2.04 bits per heavy atom. The standard InChI is InChI=1S/C15H17N5O2S2/c1-3-20-14(12-6-4-5-8-16-12)18-19-15(20)24(21,22)9-7-13-11(2)17-10-23-13/h4-6,8,10H,3,7,9H2,1-2H3. The van der Waals surface area contributed by atoms with Crippen molar-refractivity contribution in [3.05, 3.63) is 40.5 Å². The van der Waals surface area contributed by atoms with Crippen LogP contribution in [0.3, 0.4) is 0 Å². The van der Waals surface area contributed by atoms with E-state index in [-0.39, 0.29) is 10.9 Å². The van der Waals surface area contributed by atoms with Crippen LogP contribution in [0.4, 0.5) is 0 Å². The minimum atomic E-state index is -3.54. The molecule has 0 saturated carbocycles. The van der Waals surface area contributed by atoms with Crippen LogP contribution in [0.2, 0.25) is 0 Å². The molecule has 0 unspecified atom stereocenters. The second-order valence-corrected chi connectivity index (χ2v) is 8.14. The molecule has 0 saturated heterocycles. The summed E-state index contributed by atoms with van der Waals surface area (Å²) in [6.07, 6.45) is 2.07. The molecule has 0 bridgehead atoms. The molecule has 0 aliphatic rings. The molecule has 7 nitrogen and oxygen atoms in total. The van der Waals surface area contributed by atoms with E-state index in [4.69, 9.17) is 0 Å². The van der Waals surface area contributed by atoms with E-state index < -0.39 is 9.84 Å². The van der Waals surface area contributed by atoms with Crippen molar-refractivity contribution in [2.75, 3.05) is 5.75 Å². The molecular weight excluding hydrogens is 346 g/mol. The molecule has 126 valence electrons. The van der Waals surface area contributed by atoms with Crippen molar-refractivity contribution in [3.63, 3.8) is 0 Å². The first-order valence-electron chi connectivity index (χ1n) is 7.49. The van der Waals surface area contributed by atoms with Gasteiger partial charge in [0.2, 0.25) is 15.0 Å². The lowest BCUT2D eigenvalue weighted by atomic mass is 10.3. The lowest BCUT2D eigenvalue weighted by Gasteiger charge is -2.07. The Kier molecular flexibility index (Phi) is 4.72. The maximum atomic E-state index is 12.7. The van der Waals surface area contributed by atoms with Crippen LogP contribution in [-0.4, -0.2) is 38.9 Å². The van der Waals surface area contributed by atoms with Gasteiger partial charge < -0.3 is 0 Å². The molecule has 24 heavy (non-hydrogen) atoms. The average Bonchev–Trinajstić information content (AvgIpc) is 3.20. The molecule has 0 N–H and O–H groups in total. The van der Waals surface area contributed by atoms with Crippen LogP contribution in [0.1, 0.15) is 17.5 Å². The van der Waals surface area contributed by atoms with Crippen molar-refractivity contribution in [2.45, 2.75) is 32.0 Å². The molecule has 3 rings (SSSR count). The minimum Gasteiger partial charge on any atom is -0.297 e. The van der Waals surface area contributed by atoms with E-state index >= 15 is 0 Å². The van der Waals surface area contributed by atoms with Crippen LogP contribution in [0.5, 0.6) is 0 Å². The van der Waals surface area contributed by atoms with Crippen molar-refractivity contribution in [2.24, 2.45) is 0 Å². The summed E-state index contributed by atoms with van der Waals surface area (Å²) in [6, 6.07) is 5.41. The zero-order chi connectivity index (χ0) is 17.2. The third-order valence-corrected chi connectivity index (χ3v) is 6.24. The summed E-state index contributed by atoms with van der Waals surface area (Å²) in [5.41, 5.74) is 3.21. The van der Waals surface area contributed by atoms with Gasteiger partial charge in [-0.1, -0.05) is 6.07 Å². The number of rotatable bonds is 6. The Labute approximate surface area is 144 Å². The predicted octanol–water partition coefficient (Wildman–Crippen LogP) is 2.14. The fraction of sp³-hybridized carbons (Fsp3) is 0.333. The molecule has 9 heteroatoms. The van der Waals surface area contributed by atoms with Gasteiger partial charge in [0.15, 0.2) is 5.82 Å². The maximum absolute atomic E-state index is 12.7. The second-order valence-electron chi connectivity index (χ2n) is 5.20. The van der Waals surface area contributed by atoms with Gasteiger partial charge in [0.1, 0.15) is 5.69 Å². The molecule has 0 amide bonds. The van der Waals surface area contributed by atoms with Gasteiger partial charge in [0.25, 0.3) is 0 Å². The number of hydrogen-bond acceptors (Lipinski definition) is 7. The van der Waals surface area contributed by atoms with Gasteiger partial charge in [-0.05, 0) is 32.4 Å². The Morgan fingerprint density at radius 1 is 1.21 bits per heavy atom. The first kappa shape index (κ1) is 16.7. The molecule has 0 radical (unpaired) electrons. The zero-order valence-corrected chi connectivity index (χ0v) is 15.0. The number of hydrogen-bond donors (Lipinski definition) is 0. The Hall–Kier alpha value is -2.13. The van der Waals surface area contributed by atoms with Gasteiger partial charge in [0, 0.05) is 17.6 Å². The van der Waals surface area contributed by atoms with Crippen LogP contribution in [0.15, 0.2) is 35.1 Å². The van der Waals surface area contributed by atoms with E-state index in [1.54, 1.807) is 28.4 Å². The molecular formula is C15H17N5O2S2. The SMILES string of the molecule is CCn1c(-c2ccccn2)nnc1S(=O)(=O)CCc1scnc1C. The molecule has 0 aliphatic carbocycles. The molecule has 0 aliphatic heterocycles. The van der Waals surface area contributed by atoms with Gasteiger partial charge >= 0.3 is 0 Å². The van der Waals surface area contributed by atoms with Crippen LogP contribution in [0, 0.1) is 6.92 Å². The third kappa shape index (κ3) is 3.22. The molecule has 3 heterocycles. The minimum absolute atomic E-state index is 0.00665. The van der Waals surface area contributed by atoms with Crippen molar-refractivity contribution < 1.29 is 8.42 Å². The number of aromatic nitrogens is 5. The average molecular weight is 363 g/mol. The normalized spacial score (nSPS) is 11.8. The zero-order valence-electron chi connectivity index (χ0n) is 13.4. The lowest BCUT2D eigenvalue weighted by Crippen LogP contribution is -2.16. The Bertz CT molecular complexity index is 932. The first-order chi connectivity index (χ1) is 11.5. The summed E-state index contributed by atoms with van der Waals surface area (Å²) in [4.78, 5) is 9.35. The summed E-state index contributed by atoms with van der Waals surface area (Å²) in [7, 11) is -3.54. The van der Waals surface area contributed by atoms with E-state index in [0.717, 1.165) is 10.6 Å². The van der Waals surface area contributed by atoms with Crippen LogP contribution >= 0.6 is 11.3 Å². The van der Waals surface area contributed by atoms with Gasteiger partial charge in [-0.15, -0.1) is 21.5 Å². The maximum Gasteiger partial charge on any atom is 0.250 e. The molecule has 0 fully saturated rings. The number of pyridine rings is 1. The van der Waals surface area contributed by atoms with Crippen LogP contribution in [-0.2, 0) is 22.8 Å². The van der Waals surface area contributed by atoms with Gasteiger partial charge in [-0.2, -0.15) is 0 Å². The highest BCUT2D eigenvalue weighted by molar-refractivity contribution is 7.91. The number of thiazole rings is 1. The van der Waals surface area contributed by atoms with E-state index in [9.17, 15) is 8.42 Å². The largest absolute Gasteiger partial charge is 0.297 e. The molecule has 0 aromatic carbocycles. The van der Waals surface area contributed by atoms with Crippen LogP contribution in [0.25, 0.3) is 11.5 Å². The van der Waals surface area contributed by atoms with Crippen molar-refractivity contribution in [1.82, 2.24) is 24.7 Å². The summed E-state index contributed by atoms with van der Waals surface area (Å²) in [5, 5.41) is 7.97. The predicted molar refractivity (Wildman–Crippen MR) is 91.5 cm³/mol. The summed E-state index contributed by atoms with van der Waals surface area (Å²) < 4.78 is 27.0. The van der Waals surface area contributed by atoms with E-state index in [1.165, 1.54) is 11.3 Å². The number of nitrogens with zero attached hydrogens (tertiary/aromatic N) is 5. The molecule has 3 aromatic heterocycles. The van der Waals surface area contributed by atoms with Crippen molar-refractivity contribution in [3.8, 4) is 11.5 Å².